The summed E-state index contributed by atoms with van der Waals surface area (Å²) in [7, 11) is 0. The van der Waals surface area contributed by atoms with Gasteiger partial charge >= 0.3 is 0 Å². The summed E-state index contributed by atoms with van der Waals surface area (Å²) in [4.78, 5) is 21.1. The molecule has 0 bridgehead atoms. The van der Waals surface area contributed by atoms with Gasteiger partial charge < -0.3 is 15.0 Å². The molecule has 0 saturated carbocycles. The van der Waals surface area contributed by atoms with Crippen molar-refractivity contribution in [1.29, 1.82) is 0 Å². The number of nitrogens with one attached hydrogen (secondary N) is 1. The van der Waals surface area contributed by atoms with Crippen molar-refractivity contribution in [2.45, 2.75) is 18.9 Å². The SMILES string of the molecule is O=[N+]([O-])c1ccc(O)cc1-c1nc2c(-c3ccc4ccccc4c3)ccnc2n1C1CCNCC1. The molecule has 0 unspecified atom stereocenters. The van der Waals surface area contributed by atoms with Crippen LogP contribution in [0.1, 0.15) is 18.9 Å². The average Bonchev–Trinajstić information content (AvgIpc) is 3.28. The van der Waals surface area contributed by atoms with Gasteiger partial charge in [0.05, 0.1) is 10.5 Å². The van der Waals surface area contributed by atoms with E-state index >= 15 is 0 Å². The Balaban J connectivity index is 1.63. The zero-order chi connectivity index (χ0) is 23.9. The molecular weight excluding hydrogens is 442 g/mol. The number of phenols is 1. The summed E-state index contributed by atoms with van der Waals surface area (Å²) in [5, 5.41) is 27.7. The van der Waals surface area contributed by atoms with Crippen molar-refractivity contribution < 1.29 is 10.0 Å². The molecule has 0 radical (unpaired) electrons. The highest BCUT2D eigenvalue weighted by Gasteiger charge is 2.28. The van der Waals surface area contributed by atoms with Crippen LogP contribution < -0.4 is 5.32 Å². The summed E-state index contributed by atoms with van der Waals surface area (Å²) in [5.41, 5.74) is 3.49. The van der Waals surface area contributed by atoms with Crippen LogP contribution in [0.2, 0.25) is 0 Å². The van der Waals surface area contributed by atoms with Crippen LogP contribution in [0.4, 0.5) is 5.69 Å². The number of nitrogens with zero attached hydrogens (tertiary/aromatic N) is 4. The number of pyridine rings is 1. The number of phenolic OH excluding ortho intramolecular Hbond substituents is 1. The highest BCUT2D eigenvalue weighted by molar-refractivity contribution is 5.96. The summed E-state index contributed by atoms with van der Waals surface area (Å²) in [5.74, 6) is 0.410. The second-order valence-corrected chi connectivity index (χ2v) is 8.84. The number of imidazole rings is 1. The summed E-state index contributed by atoms with van der Waals surface area (Å²) in [6.07, 6.45) is 3.48. The number of nitro benzene ring substituents is 1. The molecule has 5 aromatic rings. The number of hydrogen-bond donors (Lipinski definition) is 2. The van der Waals surface area contributed by atoms with E-state index < -0.39 is 4.92 Å². The molecule has 3 aromatic carbocycles. The van der Waals surface area contributed by atoms with Crippen LogP contribution in [-0.2, 0) is 0 Å². The van der Waals surface area contributed by atoms with Crippen molar-refractivity contribution in [3.05, 3.63) is 83.0 Å². The molecule has 0 spiro atoms. The summed E-state index contributed by atoms with van der Waals surface area (Å²) < 4.78 is 2.03. The monoisotopic (exact) mass is 465 g/mol. The molecule has 1 aliphatic rings. The Kier molecular flexibility index (Phi) is 5.15. The van der Waals surface area contributed by atoms with Gasteiger partial charge in [-0.3, -0.25) is 10.1 Å². The van der Waals surface area contributed by atoms with Gasteiger partial charge in [-0.05, 0) is 66.5 Å². The van der Waals surface area contributed by atoms with E-state index in [1.165, 1.54) is 18.2 Å². The molecule has 2 aromatic heterocycles. The third kappa shape index (κ3) is 3.68. The Morgan fingerprint density at radius 2 is 1.77 bits per heavy atom. The molecule has 0 atom stereocenters. The van der Waals surface area contributed by atoms with Crippen LogP contribution in [0.3, 0.4) is 0 Å². The number of fused-ring (bicyclic) bond motifs is 2. The van der Waals surface area contributed by atoms with Crippen LogP contribution in [0.25, 0.3) is 44.5 Å². The normalized spacial score (nSPS) is 14.5. The standard InChI is InChI=1S/C27H23N5O3/c33-21-7-8-24(32(34)35)23(16-21)26-30-25-22(19-6-5-17-3-1-2-4-18(17)15-19)11-14-29-27(25)31(26)20-9-12-28-13-10-20/h1-8,11,14-16,20,28,33H,9-10,12-13H2. The van der Waals surface area contributed by atoms with Crippen LogP contribution in [0.15, 0.2) is 72.9 Å². The van der Waals surface area contributed by atoms with Gasteiger partial charge in [-0.25, -0.2) is 9.97 Å². The van der Waals surface area contributed by atoms with E-state index in [0.717, 1.165) is 47.8 Å². The predicted octanol–water partition coefficient (Wildman–Crippen LogP) is 5.46. The fourth-order valence-electron chi connectivity index (χ4n) is 5.04. The molecule has 1 aliphatic heterocycles. The molecule has 2 N–H and O–H groups in total. The van der Waals surface area contributed by atoms with Gasteiger partial charge in [0, 0.05) is 23.9 Å². The minimum absolute atomic E-state index is 0.0442. The first-order valence-corrected chi connectivity index (χ1v) is 11.6. The molecule has 0 aliphatic carbocycles. The van der Waals surface area contributed by atoms with Crippen molar-refractivity contribution in [2.24, 2.45) is 0 Å². The minimum Gasteiger partial charge on any atom is -0.508 e. The largest absolute Gasteiger partial charge is 0.508 e. The highest BCUT2D eigenvalue weighted by atomic mass is 16.6. The third-order valence-electron chi connectivity index (χ3n) is 6.73. The lowest BCUT2D eigenvalue weighted by atomic mass is 10.0. The first-order valence-electron chi connectivity index (χ1n) is 11.6. The molecule has 1 fully saturated rings. The van der Waals surface area contributed by atoms with Crippen molar-refractivity contribution in [2.75, 3.05) is 13.1 Å². The van der Waals surface area contributed by atoms with Crippen LogP contribution in [-0.4, -0.2) is 37.7 Å². The fraction of sp³-hybridized carbons (Fsp3) is 0.185. The molecule has 1 saturated heterocycles. The molecule has 6 rings (SSSR count). The molecule has 8 heteroatoms. The van der Waals surface area contributed by atoms with Crippen molar-refractivity contribution in [3.63, 3.8) is 0 Å². The van der Waals surface area contributed by atoms with Gasteiger partial charge in [0.25, 0.3) is 5.69 Å². The lowest BCUT2D eigenvalue weighted by molar-refractivity contribution is -0.384. The molecular formula is C27H23N5O3. The zero-order valence-electron chi connectivity index (χ0n) is 18.9. The lowest BCUT2D eigenvalue weighted by Crippen LogP contribution is -2.29. The van der Waals surface area contributed by atoms with Gasteiger partial charge in [0.1, 0.15) is 17.1 Å². The molecule has 174 valence electrons. The number of nitro groups is 1. The van der Waals surface area contributed by atoms with Crippen molar-refractivity contribution >= 4 is 27.6 Å². The van der Waals surface area contributed by atoms with E-state index in [1.807, 2.05) is 22.8 Å². The fourth-order valence-corrected chi connectivity index (χ4v) is 5.04. The summed E-state index contributed by atoms with van der Waals surface area (Å²) in [6.45, 7) is 1.69. The van der Waals surface area contributed by atoms with E-state index in [9.17, 15) is 15.2 Å². The first-order chi connectivity index (χ1) is 17.1. The number of benzene rings is 3. The minimum atomic E-state index is -0.432. The second-order valence-electron chi connectivity index (χ2n) is 8.84. The molecule has 8 nitrogen and oxygen atoms in total. The van der Waals surface area contributed by atoms with E-state index in [0.29, 0.717) is 17.0 Å². The lowest BCUT2D eigenvalue weighted by Gasteiger charge is -2.26. The maximum absolute atomic E-state index is 11.9. The molecule has 0 amide bonds. The average molecular weight is 466 g/mol. The number of aromatic hydroxyl groups is 1. The Bertz CT molecular complexity index is 1590. The maximum Gasteiger partial charge on any atom is 0.280 e. The van der Waals surface area contributed by atoms with Crippen LogP contribution in [0.5, 0.6) is 5.75 Å². The number of rotatable bonds is 4. The van der Waals surface area contributed by atoms with Gasteiger partial charge in [-0.1, -0.05) is 36.4 Å². The van der Waals surface area contributed by atoms with Crippen LogP contribution >= 0.6 is 0 Å². The maximum atomic E-state index is 11.9. The van der Waals surface area contributed by atoms with E-state index in [1.54, 1.807) is 6.20 Å². The van der Waals surface area contributed by atoms with Gasteiger partial charge in [-0.2, -0.15) is 0 Å². The Hall–Kier alpha value is -4.30. The predicted molar refractivity (Wildman–Crippen MR) is 135 cm³/mol. The Labute approximate surface area is 201 Å². The van der Waals surface area contributed by atoms with E-state index in [2.05, 4.69) is 35.6 Å². The second kappa shape index (κ2) is 8.48. The van der Waals surface area contributed by atoms with Crippen molar-refractivity contribution in [1.82, 2.24) is 19.9 Å². The van der Waals surface area contributed by atoms with E-state index in [4.69, 9.17) is 9.97 Å². The zero-order valence-corrected chi connectivity index (χ0v) is 18.9. The number of aromatic nitrogens is 3. The van der Waals surface area contributed by atoms with Gasteiger partial charge in [0.2, 0.25) is 0 Å². The Morgan fingerprint density at radius 1 is 0.971 bits per heavy atom. The van der Waals surface area contributed by atoms with Gasteiger partial charge in [0.15, 0.2) is 5.65 Å². The summed E-state index contributed by atoms with van der Waals surface area (Å²) >= 11 is 0. The third-order valence-corrected chi connectivity index (χ3v) is 6.73. The first kappa shape index (κ1) is 21.2. The Morgan fingerprint density at radius 3 is 2.57 bits per heavy atom. The van der Waals surface area contributed by atoms with Gasteiger partial charge in [-0.15, -0.1) is 0 Å². The summed E-state index contributed by atoms with van der Waals surface area (Å²) in [6, 6.07) is 20.6. The number of piperidine rings is 1. The quantitative estimate of drug-likeness (QED) is 0.270. The smallest absolute Gasteiger partial charge is 0.280 e. The molecule has 3 heterocycles. The topological polar surface area (TPSA) is 106 Å². The van der Waals surface area contributed by atoms with E-state index in [-0.39, 0.29) is 23.0 Å². The van der Waals surface area contributed by atoms with Crippen molar-refractivity contribution in [3.8, 4) is 28.3 Å². The highest BCUT2D eigenvalue weighted by Crippen LogP contribution is 2.39. The molecule has 35 heavy (non-hydrogen) atoms. The van der Waals surface area contributed by atoms with Crippen LogP contribution in [0, 0.1) is 10.1 Å². The number of hydrogen-bond acceptors (Lipinski definition) is 6.